The predicted octanol–water partition coefficient (Wildman–Crippen LogP) is 2.34. The molecule has 0 bridgehead atoms. The van der Waals surface area contributed by atoms with Crippen molar-refractivity contribution in [3.8, 4) is 0 Å². The molecule has 0 saturated heterocycles. The van der Waals surface area contributed by atoms with E-state index in [2.05, 4.69) is 36.4 Å². The summed E-state index contributed by atoms with van der Waals surface area (Å²) in [5.74, 6) is 0. The first-order valence-electron chi connectivity index (χ1n) is 3.63. The molecule has 0 saturated carbocycles. The molecule has 0 heterocycles. The van der Waals surface area contributed by atoms with E-state index in [0.29, 0.717) is 0 Å². The lowest BCUT2D eigenvalue weighted by molar-refractivity contribution is 0.965. The molecule has 0 aromatic heterocycles. The van der Waals surface area contributed by atoms with Crippen LogP contribution in [0.1, 0.15) is 17.5 Å². The lowest BCUT2D eigenvalue weighted by Crippen LogP contribution is -1.93. The molecule has 1 aromatic rings. The van der Waals surface area contributed by atoms with Gasteiger partial charge in [0.2, 0.25) is 0 Å². The molecule has 0 aliphatic heterocycles. The molecule has 0 N–H and O–H groups in total. The predicted molar refractivity (Wildman–Crippen MR) is 41.7 cm³/mol. The van der Waals surface area contributed by atoms with E-state index in [1.807, 2.05) is 0 Å². The van der Waals surface area contributed by atoms with Crippen LogP contribution in [0.15, 0.2) is 30.3 Å². The Hall–Kier alpha value is -1.04. The van der Waals surface area contributed by atoms with Crippen molar-refractivity contribution in [2.75, 3.05) is 0 Å². The fourth-order valence-corrected chi connectivity index (χ4v) is 1.29. The Bertz CT molecular complexity index is 258. The number of aryl methyl sites for hydroxylation is 1. The van der Waals surface area contributed by atoms with Crippen molar-refractivity contribution in [2.45, 2.75) is 12.8 Å². The molecule has 2 rings (SSSR count). The third-order valence-electron chi connectivity index (χ3n) is 1.83. The molecule has 1 aliphatic carbocycles. The minimum atomic E-state index is 1.15. The highest BCUT2D eigenvalue weighted by atomic mass is 14.1. The fraction of sp³-hybridized carbons (Fsp3) is 0.200. The van der Waals surface area contributed by atoms with Crippen LogP contribution in [-0.2, 0) is 6.42 Å². The van der Waals surface area contributed by atoms with Crippen molar-refractivity contribution in [2.24, 2.45) is 0 Å². The highest BCUT2D eigenvalue weighted by molar-refractivity contribution is 5.34. The molecule has 0 heteroatoms. The summed E-state index contributed by atoms with van der Waals surface area (Å²) in [5.41, 5.74) is 2.71. The third kappa shape index (κ3) is 0.860. The largest absolute Gasteiger partial charge is 0.0757 e. The van der Waals surface area contributed by atoms with E-state index in [4.69, 9.17) is 0 Å². The third-order valence-corrected chi connectivity index (χ3v) is 1.83. The molecular formula is C10H9. The molecule has 0 nitrogen and oxygen atoms in total. The van der Waals surface area contributed by atoms with Crippen LogP contribution < -0.4 is 0 Å². The zero-order chi connectivity index (χ0) is 6.81. The monoisotopic (exact) mass is 129 g/mol. The Labute approximate surface area is 61.2 Å². The van der Waals surface area contributed by atoms with Gasteiger partial charge in [-0.1, -0.05) is 30.3 Å². The Kier molecular flexibility index (Phi) is 1.31. The second-order valence-electron chi connectivity index (χ2n) is 2.54. The Morgan fingerprint density at radius 3 is 3.00 bits per heavy atom. The minimum absolute atomic E-state index is 1.15. The van der Waals surface area contributed by atoms with Gasteiger partial charge < -0.3 is 0 Å². The summed E-state index contributed by atoms with van der Waals surface area (Å²) < 4.78 is 0. The summed E-state index contributed by atoms with van der Waals surface area (Å²) in [4.78, 5) is 0. The molecule has 0 amide bonds. The maximum Gasteiger partial charge on any atom is -0.0146 e. The first kappa shape index (κ1) is 5.72. The first-order valence-corrected chi connectivity index (χ1v) is 3.63. The summed E-state index contributed by atoms with van der Waals surface area (Å²) in [6.07, 6.45) is 7.68. The Morgan fingerprint density at radius 2 is 2.10 bits per heavy atom. The van der Waals surface area contributed by atoms with Gasteiger partial charge in [0.05, 0.1) is 0 Å². The van der Waals surface area contributed by atoms with Gasteiger partial charge in [-0.3, -0.25) is 0 Å². The zero-order valence-corrected chi connectivity index (χ0v) is 5.80. The molecule has 0 unspecified atom stereocenters. The molecule has 0 fully saturated rings. The van der Waals surface area contributed by atoms with Gasteiger partial charge in [0, 0.05) is 0 Å². The molecule has 0 atom stereocenters. The topological polar surface area (TPSA) is 0 Å². The zero-order valence-electron chi connectivity index (χ0n) is 5.80. The van der Waals surface area contributed by atoms with Crippen LogP contribution in [0.3, 0.4) is 0 Å². The van der Waals surface area contributed by atoms with Crippen molar-refractivity contribution < 1.29 is 0 Å². The molecule has 49 valence electrons. The van der Waals surface area contributed by atoms with Gasteiger partial charge >= 0.3 is 0 Å². The average molecular weight is 129 g/mol. The number of fused-ring (bicyclic) bond motifs is 1. The van der Waals surface area contributed by atoms with Crippen LogP contribution in [0.25, 0.3) is 0 Å². The second-order valence-corrected chi connectivity index (χ2v) is 2.54. The molecule has 10 heavy (non-hydrogen) atoms. The number of hydrogen-bond donors (Lipinski definition) is 0. The van der Waals surface area contributed by atoms with Gasteiger partial charge in [-0.2, -0.15) is 0 Å². The molecule has 0 spiro atoms. The Morgan fingerprint density at radius 1 is 1.20 bits per heavy atom. The van der Waals surface area contributed by atoms with E-state index in [1.54, 1.807) is 0 Å². The maximum absolute atomic E-state index is 3.24. The number of hydrogen-bond acceptors (Lipinski definition) is 0. The summed E-state index contributed by atoms with van der Waals surface area (Å²) in [6, 6.07) is 8.44. The molecular weight excluding hydrogens is 120 g/mol. The van der Waals surface area contributed by atoms with E-state index in [-0.39, 0.29) is 0 Å². The summed E-state index contributed by atoms with van der Waals surface area (Å²) in [6.45, 7) is 0. The highest BCUT2D eigenvalue weighted by Crippen LogP contribution is 2.15. The van der Waals surface area contributed by atoms with E-state index in [0.717, 1.165) is 6.42 Å². The fourth-order valence-electron chi connectivity index (χ4n) is 1.29. The average Bonchev–Trinajstić information content (AvgIpc) is 2.05. The van der Waals surface area contributed by atoms with Gasteiger partial charge in [-0.05, 0) is 30.0 Å². The molecule has 1 aliphatic rings. The smallest absolute Gasteiger partial charge is 0.0146 e. The van der Waals surface area contributed by atoms with E-state index in [9.17, 15) is 0 Å². The number of rotatable bonds is 0. The summed E-state index contributed by atoms with van der Waals surface area (Å²) in [7, 11) is 0. The van der Waals surface area contributed by atoms with Gasteiger partial charge in [0.15, 0.2) is 0 Å². The van der Waals surface area contributed by atoms with Crippen molar-refractivity contribution in [1.29, 1.82) is 0 Å². The lowest BCUT2D eigenvalue weighted by Gasteiger charge is -2.07. The first-order chi connectivity index (χ1) is 4.97. The van der Waals surface area contributed by atoms with E-state index >= 15 is 0 Å². The quantitative estimate of drug-likeness (QED) is 0.504. The lowest BCUT2D eigenvalue weighted by atomic mass is 9.98. The Balaban J connectivity index is 2.54. The van der Waals surface area contributed by atoms with Gasteiger partial charge in [-0.25, -0.2) is 0 Å². The van der Waals surface area contributed by atoms with Crippen LogP contribution in [-0.4, -0.2) is 0 Å². The standard InChI is InChI=1S/C10H9/c1-2-6-10-8-4-3-7-9(10)5-1/h1-3,5-6H,4,8H2. The van der Waals surface area contributed by atoms with Crippen molar-refractivity contribution in [3.63, 3.8) is 0 Å². The van der Waals surface area contributed by atoms with Crippen LogP contribution in [0.5, 0.6) is 0 Å². The number of allylic oxidation sites excluding steroid dienone is 1. The molecule has 1 aromatic carbocycles. The van der Waals surface area contributed by atoms with Crippen molar-refractivity contribution in [3.05, 3.63) is 47.5 Å². The highest BCUT2D eigenvalue weighted by Gasteiger charge is 2.00. The number of benzene rings is 1. The molecule has 1 radical (unpaired) electrons. The van der Waals surface area contributed by atoms with Gasteiger partial charge in [0.25, 0.3) is 0 Å². The van der Waals surface area contributed by atoms with Crippen LogP contribution in [0.4, 0.5) is 0 Å². The van der Waals surface area contributed by atoms with Crippen molar-refractivity contribution in [1.82, 2.24) is 0 Å². The maximum atomic E-state index is 3.24. The van der Waals surface area contributed by atoms with Crippen LogP contribution >= 0.6 is 0 Å². The summed E-state index contributed by atoms with van der Waals surface area (Å²) in [5, 5.41) is 0. The second kappa shape index (κ2) is 2.30. The van der Waals surface area contributed by atoms with Crippen LogP contribution in [0, 0.1) is 6.08 Å². The van der Waals surface area contributed by atoms with Gasteiger partial charge in [-0.15, -0.1) is 0 Å². The van der Waals surface area contributed by atoms with Crippen molar-refractivity contribution >= 4 is 0 Å². The minimum Gasteiger partial charge on any atom is -0.0757 e. The van der Waals surface area contributed by atoms with Crippen LogP contribution in [0.2, 0.25) is 0 Å². The van der Waals surface area contributed by atoms with E-state index in [1.165, 1.54) is 17.5 Å². The van der Waals surface area contributed by atoms with Gasteiger partial charge in [0.1, 0.15) is 0 Å². The SMILES string of the molecule is [C]1=CCCc2ccccc21. The van der Waals surface area contributed by atoms with E-state index < -0.39 is 0 Å². The normalized spacial score (nSPS) is 14.8. The summed E-state index contributed by atoms with van der Waals surface area (Å²) >= 11 is 0.